The molecular weight excluding hydrogens is 300 g/mol. The number of anilines is 1. The summed E-state index contributed by atoms with van der Waals surface area (Å²) in [5.41, 5.74) is 1.84. The summed E-state index contributed by atoms with van der Waals surface area (Å²) < 4.78 is 1.78. The smallest absolute Gasteiger partial charge is 0.242 e. The van der Waals surface area contributed by atoms with E-state index in [4.69, 9.17) is 11.6 Å². The second kappa shape index (κ2) is 6.50. The first-order valence-electron chi connectivity index (χ1n) is 7.45. The molecule has 2 aromatic rings. The molecule has 0 saturated carbocycles. The number of carbonyl (C=O) groups excluding carboxylic acids is 1. The van der Waals surface area contributed by atoms with Crippen LogP contribution in [0.25, 0.3) is 0 Å². The normalized spacial score (nSPS) is 17.6. The number of nitrogens with zero attached hydrogens (tertiary/aromatic N) is 2. The number of nitrogens with one attached hydrogen (secondary N) is 2. The van der Waals surface area contributed by atoms with Gasteiger partial charge in [-0.1, -0.05) is 29.8 Å². The highest BCUT2D eigenvalue weighted by Crippen LogP contribution is 2.19. The third-order valence-corrected chi connectivity index (χ3v) is 4.18. The molecule has 1 saturated heterocycles. The standard InChI is InChI=1S/C16H19ClN4O/c1-11-9-15(19-16(22)14-7-4-8-18-14)21(20-11)10-12-5-2-3-6-13(12)17/h2-3,5-6,9,14,18H,4,7-8,10H2,1H3,(H,19,22)/t14-/m1/s1. The number of aryl methyl sites for hydroxylation is 1. The van der Waals surface area contributed by atoms with Crippen molar-refractivity contribution >= 4 is 23.3 Å². The summed E-state index contributed by atoms with van der Waals surface area (Å²) in [6, 6.07) is 9.43. The van der Waals surface area contributed by atoms with E-state index in [1.807, 2.05) is 37.3 Å². The molecule has 0 spiro atoms. The van der Waals surface area contributed by atoms with Gasteiger partial charge in [-0.25, -0.2) is 4.68 Å². The molecule has 1 fully saturated rings. The minimum absolute atomic E-state index is 0.00203. The number of benzene rings is 1. The second-order valence-corrected chi connectivity index (χ2v) is 5.97. The highest BCUT2D eigenvalue weighted by molar-refractivity contribution is 6.31. The van der Waals surface area contributed by atoms with Gasteiger partial charge in [-0.05, 0) is 37.9 Å². The van der Waals surface area contributed by atoms with E-state index in [9.17, 15) is 4.79 Å². The first kappa shape index (κ1) is 15.1. The molecule has 0 bridgehead atoms. The first-order valence-corrected chi connectivity index (χ1v) is 7.83. The minimum atomic E-state index is -0.107. The van der Waals surface area contributed by atoms with Gasteiger partial charge < -0.3 is 10.6 Å². The number of halogens is 1. The second-order valence-electron chi connectivity index (χ2n) is 5.56. The van der Waals surface area contributed by atoms with Crippen molar-refractivity contribution in [3.05, 3.63) is 46.6 Å². The molecule has 1 amide bonds. The predicted molar refractivity (Wildman–Crippen MR) is 87.2 cm³/mol. The molecule has 5 nitrogen and oxygen atoms in total. The van der Waals surface area contributed by atoms with Crippen LogP contribution >= 0.6 is 11.6 Å². The van der Waals surface area contributed by atoms with Crippen LogP contribution in [0, 0.1) is 6.92 Å². The van der Waals surface area contributed by atoms with Crippen molar-refractivity contribution in [3.8, 4) is 0 Å². The lowest BCUT2D eigenvalue weighted by atomic mass is 10.2. The number of carbonyl (C=O) groups is 1. The van der Waals surface area contributed by atoms with E-state index < -0.39 is 0 Å². The summed E-state index contributed by atoms with van der Waals surface area (Å²) in [4.78, 5) is 12.3. The van der Waals surface area contributed by atoms with E-state index in [0.29, 0.717) is 17.4 Å². The fourth-order valence-corrected chi connectivity index (χ4v) is 2.87. The Labute approximate surface area is 134 Å². The Morgan fingerprint density at radius 3 is 3.05 bits per heavy atom. The Hall–Kier alpha value is -1.85. The highest BCUT2D eigenvalue weighted by Gasteiger charge is 2.23. The molecule has 1 aromatic heterocycles. The van der Waals surface area contributed by atoms with Crippen LogP contribution in [0.3, 0.4) is 0 Å². The fourth-order valence-electron chi connectivity index (χ4n) is 2.68. The molecule has 0 radical (unpaired) electrons. The molecule has 2 N–H and O–H groups in total. The van der Waals surface area contributed by atoms with Crippen molar-refractivity contribution in [2.75, 3.05) is 11.9 Å². The maximum absolute atomic E-state index is 12.3. The Morgan fingerprint density at radius 1 is 1.50 bits per heavy atom. The van der Waals surface area contributed by atoms with Gasteiger partial charge in [-0.2, -0.15) is 5.10 Å². The van der Waals surface area contributed by atoms with Crippen molar-refractivity contribution in [1.82, 2.24) is 15.1 Å². The van der Waals surface area contributed by atoms with E-state index >= 15 is 0 Å². The lowest BCUT2D eigenvalue weighted by molar-refractivity contribution is -0.117. The largest absolute Gasteiger partial charge is 0.310 e. The molecule has 1 aromatic carbocycles. The summed E-state index contributed by atoms with van der Waals surface area (Å²) in [5, 5.41) is 11.3. The topological polar surface area (TPSA) is 59.0 Å². The average molecular weight is 319 g/mol. The first-order chi connectivity index (χ1) is 10.6. The average Bonchev–Trinajstić information content (AvgIpc) is 3.12. The van der Waals surface area contributed by atoms with Gasteiger partial charge in [-0.3, -0.25) is 4.79 Å². The molecule has 0 unspecified atom stereocenters. The Balaban J connectivity index is 1.77. The molecule has 0 aliphatic carbocycles. The summed E-state index contributed by atoms with van der Waals surface area (Å²) in [5.74, 6) is 0.703. The van der Waals surface area contributed by atoms with Crippen molar-refractivity contribution in [3.63, 3.8) is 0 Å². The summed E-state index contributed by atoms with van der Waals surface area (Å²) in [6.07, 6.45) is 1.92. The van der Waals surface area contributed by atoms with Crippen LogP contribution in [0.15, 0.2) is 30.3 Å². The van der Waals surface area contributed by atoms with E-state index in [1.165, 1.54) is 0 Å². The number of hydrogen-bond donors (Lipinski definition) is 2. The van der Waals surface area contributed by atoms with Gasteiger partial charge in [0.25, 0.3) is 0 Å². The zero-order valence-electron chi connectivity index (χ0n) is 12.5. The van der Waals surface area contributed by atoms with Gasteiger partial charge in [0.05, 0.1) is 18.3 Å². The van der Waals surface area contributed by atoms with Crippen LogP contribution in [0.2, 0.25) is 5.02 Å². The predicted octanol–water partition coefficient (Wildman–Crippen LogP) is 2.58. The van der Waals surface area contributed by atoms with E-state index in [0.717, 1.165) is 30.6 Å². The van der Waals surface area contributed by atoms with Gasteiger partial charge in [0.15, 0.2) is 0 Å². The fraction of sp³-hybridized carbons (Fsp3) is 0.375. The monoisotopic (exact) mass is 318 g/mol. The third kappa shape index (κ3) is 3.31. The van der Waals surface area contributed by atoms with Crippen LogP contribution in [0.4, 0.5) is 5.82 Å². The molecule has 22 heavy (non-hydrogen) atoms. The van der Waals surface area contributed by atoms with Crippen molar-refractivity contribution in [2.24, 2.45) is 0 Å². The SMILES string of the molecule is Cc1cc(NC(=O)[C@H]2CCCN2)n(Cc2ccccc2Cl)n1. The van der Waals surface area contributed by atoms with Gasteiger partial charge in [0.2, 0.25) is 5.91 Å². The quantitative estimate of drug-likeness (QED) is 0.911. The molecule has 3 rings (SSSR count). The Bertz CT molecular complexity index is 677. The van der Waals surface area contributed by atoms with E-state index in [1.54, 1.807) is 4.68 Å². The summed E-state index contributed by atoms with van der Waals surface area (Å²) in [7, 11) is 0. The highest BCUT2D eigenvalue weighted by atomic mass is 35.5. The summed E-state index contributed by atoms with van der Waals surface area (Å²) >= 11 is 6.20. The molecule has 1 atom stereocenters. The number of hydrogen-bond acceptors (Lipinski definition) is 3. The van der Waals surface area contributed by atoms with E-state index in [2.05, 4.69) is 15.7 Å². The molecule has 2 heterocycles. The van der Waals surface area contributed by atoms with E-state index in [-0.39, 0.29) is 11.9 Å². The van der Waals surface area contributed by atoms with Gasteiger partial charge in [0.1, 0.15) is 5.82 Å². The van der Waals surface area contributed by atoms with Crippen molar-refractivity contribution < 1.29 is 4.79 Å². The van der Waals surface area contributed by atoms with Crippen LogP contribution in [-0.4, -0.2) is 28.3 Å². The molecule has 116 valence electrons. The molecular formula is C16H19ClN4O. The third-order valence-electron chi connectivity index (χ3n) is 3.81. The number of amides is 1. The maximum Gasteiger partial charge on any atom is 0.242 e. The van der Waals surface area contributed by atoms with Crippen molar-refractivity contribution in [2.45, 2.75) is 32.4 Å². The van der Waals surface area contributed by atoms with Crippen LogP contribution in [0.1, 0.15) is 24.1 Å². The van der Waals surface area contributed by atoms with Crippen molar-refractivity contribution in [1.29, 1.82) is 0 Å². The molecule has 6 heteroatoms. The number of aromatic nitrogens is 2. The van der Waals surface area contributed by atoms with Crippen LogP contribution in [0.5, 0.6) is 0 Å². The molecule has 1 aliphatic rings. The zero-order chi connectivity index (χ0) is 15.5. The Kier molecular flexibility index (Phi) is 4.45. The number of rotatable bonds is 4. The lowest BCUT2D eigenvalue weighted by Gasteiger charge is -2.13. The van der Waals surface area contributed by atoms with Gasteiger partial charge in [0, 0.05) is 11.1 Å². The van der Waals surface area contributed by atoms with Gasteiger partial charge >= 0.3 is 0 Å². The Morgan fingerprint density at radius 2 is 2.32 bits per heavy atom. The van der Waals surface area contributed by atoms with Crippen LogP contribution in [-0.2, 0) is 11.3 Å². The summed E-state index contributed by atoms with van der Waals surface area (Å²) in [6.45, 7) is 3.34. The lowest BCUT2D eigenvalue weighted by Crippen LogP contribution is -2.36. The zero-order valence-corrected chi connectivity index (χ0v) is 13.2. The van der Waals surface area contributed by atoms with Gasteiger partial charge in [-0.15, -0.1) is 0 Å². The van der Waals surface area contributed by atoms with Crippen LogP contribution < -0.4 is 10.6 Å². The maximum atomic E-state index is 12.3. The minimum Gasteiger partial charge on any atom is -0.310 e. The molecule has 1 aliphatic heterocycles.